The number of benzene rings is 3. The SMILES string of the molecule is CC[C@@H](C)NC(=O)[C@@H](CC)N(Cc1ccccc1Cl)C(=O)CN(c1cc(Cl)ccc1Cl)S(=O)(=O)c1ccccc1. The van der Waals surface area contributed by atoms with Crippen molar-refractivity contribution in [1.82, 2.24) is 10.2 Å². The fraction of sp³-hybridized carbons (Fsp3) is 0.310. The van der Waals surface area contributed by atoms with Crippen LogP contribution in [0.3, 0.4) is 0 Å². The maximum absolute atomic E-state index is 14.1. The minimum atomic E-state index is -4.26. The zero-order chi connectivity index (χ0) is 29.4. The standard InChI is InChI=1S/C29H32Cl3N3O4S/c1-4-20(3)33-29(37)26(5-2)34(18-21-11-9-10-14-24(21)31)28(36)19-35(27-17-22(30)15-16-25(27)32)40(38,39)23-12-7-6-8-13-23/h6-17,20,26H,4-5,18-19H2,1-3H3,(H,33,37)/t20-,26-/m1/s1. The highest BCUT2D eigenvalue weighted by Crippen LogP contribution is 2.33. The molecule has 0 fully saturated rings. The van der Waals surface area contributed by atoms with Crippen LogP contribution in [0.25, 0.3) is 0 Å². The van der Waals surface area contributed by atoms with Crippen molar-refractivity contribution < 1.29 is 18.0 Å². The summed E-state index contributed by atoms with van der Waals surface area (Å²) in [5, 5.41) is 3.69. The first-order valence-electron chi connectivity index (χ1n) is 12.9. The average molecular weight is 625 g/mol. The Kier molecular flexibility index (Phi) is 11.3. The first kappa shape index (κ1) is 31.7. The molecule has 11 heteroatoms. The quantitative estimate of drug-likeness (QED) is 0.247. The third-order valence-electron chi connectivity index (χ3n) is 6.47. The summed E-state index contributed by atoms with van der Waals surface area (Å²) in [4.78, 5) is 28.8. The molecule has 0 unspecified atom stereocenters. The Balaban J connectivity index is 2.10. The van der Waals surface area contributed by atoms with Crippen molar-refractivity contribution in [3.63, 3.8) is 0 Å². The van der Waals surface area contributed by atoms with Gasteiger partial charge in [-0.3, -0.25) is 13.9 Å². The Hall–Kier alpha value is -2.78. The van der Waals surface area contributed by atoms with Crippen LogP contribution in [0.4, 0.5) is 5.69 Å². The van der Waals surface area contributed by atoms with Gasteiger partial charge in [0.15, 0.2) is 0 Å². The molecule has 2 atom stereocenters. The van der Waals surface area contributed by atoms with Crippen molar-refractivity contribution in [2.75, 3.05) is 10.8 Å². The molecule has 214 valence electrons. The molecule has 0 aromatic heterocycles. The molecule has 0 aliphatic rings. The van der Waals surface area contributed by atoms with Crippen molar-refractivity contribution in [2.24, 2.45) is 0 Å². The third kappa shape index (κ3) is 7.69. The van der Waals surface area contributed by atoms with Crippen LogP contribution in [0.2, 0.25) is 15.1 Å². The smallest absolute Gasteiger partial charge is 0.264 e. The highest BCUT2D eigenvalue weighted by Gasteiger charge is 2.35. The third-order valence-corrected chi connectivity index (χ3v) is 9.17. The number of rotatable bonds is 12. The average Bonchev–Trinajstić information content (AvgIpc) is 2.94. The summed E-state index contributed by atoms with van der Waals surface area (Å²) >= 11 is 19.1. The molecule has 3 aromatic carbocycles. The van der Waals surface area contributed by atoms with Gasteiger partial charge in [-0.1, -0.05) is 85.0 Å². The largest absolute Gasteiger partial charge is 0.352 e. The molecule has 0 saturated heterocycles. The van der Waals surface area contributed by atoms with Gasteiger partial charge in [-0.15, -0.1) is 0 Å². The summed E-state index contributed by atoms with van der Waals surface area (Å²) in [7, 11) is -4.26. The van der Waals surface area contributed by atoms with Crippen molar-refractivity contribution in [3.05, 3.63) is 93.4 Å². The fourth-order valence-corrected chi connectivity index (χ4v) is 6.16. The minimum Gasteiger partial charge on any atom is -0.352 e. The van der Waals surface area contributed by atoms with Crippen molar-refractivity contribution >= 4 is 62.3 Å². The normalized spacial score (nSPS) is 12.8. The number of nitrogens with zero attached hydrogens (tertiary/aromatic N) is 2. The van der Waals surface area contributed by atoms with Gasteiger partial charge in [-0.05, 0) is 61.7 Å². The zero-order valence-electron chi connectivity index (χ0n) is 22.5. The van der Waals surface area contributed by atoms with Crippen LogP contribution in [0, 0.1) is 0 Å². The van der Waals surface area contributed by atoms with Crippen molar-refractivity contribution in [3.8, 4) is 0 Å². The topological polar surface area (TPSA) is 86.8 Å². The van der Waals surface area contributed by atoms with E-state index in [2.05, 4.69) is 5.32 Å². The number of anilines is 1. The molecule has 40 heavy (non-hydrogen) atoms. The maximum atomic E-state index is 14.1. The Labute approximate surface area is 251 Å². The van der Waals surface area contributed by atoms with Gasteiger partial charge in [-0.25, -0.2) is 8.42 Å². The number of amides is 2. The lowest BCUT2D eigenvalue weighted by Crippen LogP contribution is -2.53. The predicted molar refractivity (Wildman–Crippen MR) is 161 cm³/mol. The zero-order valence-corrected chi connectivity index (χ0v) is 25.6. The molecule has 0 spiro atoms. The summed E-state index contributed by atoms with van der Waals surface area (Å²) in [6.45, 7) is 4.97. The van der Waals surface area contributed by atoms with E-state index in [1.54, 1.807) is 49.4 Å². The van der Waals surface area contributed by atoms with Gasteiger partial charge in [0.1, 0.15) is 12.6 Å². The minimum absolute atomic E-state index is 0.00651. The van der Waals surface area contributed by atoms with Gasteiger partial charge < -0.3 is 10.2 Å². The second kappa shape index (κ2) is 14.2. The van der Waals surface area contributed by atoms with Gasteiger partial charge >= 0.3 is 0 Å². The van der Waals surface area contributed by atoms with Crippen LogP contribution in [0.5, 0.6) is 0 Å². The van der Waals surface area contributed by atoms with Gasteiger partial charge in [0.25, 0.3) is 10.0 Å². The first-order chi connectivity index (χ1) is 19.0. The second-order valence-corrected chi connectivity index (χ2v) is 12.4. The molecule has 0 saturated carbocycles. The van der Waals surface area contributed by atoms with E-state index >= 15 is 0 Å². The summed E-state index contributed by atoms with van der Waals surface area (Å²) in [5.74, 6) is -0.947. The predicted octanol–water partition coefficient (Wildman–Crippen LogP) is 6.56. The van der Waals surface area contributed by atoms with E-state index in [4.69, 9.17) is 34.8 Å². The van der Waals surface area contributed by atoms with Gasteiger partial charge in [-0.2, -0.15) is 0 Å². The monoisotopic (exact) mass is 623 g/mol. The van der Waals surface area contributed by atoms with E-state index < -0.39 is 28.5 Å². The number of halogens is 3. The lowest BCUT2D eigenvalue weighted by atomic mass is 10.1. The molecule has 3 rings (SSSR count). The number of nitrogens with one attached hydrogen (secondary N) is 1. The summed E-state index contributed by atoms with van der Waals surface area (Å²) in [6.07, 6.45) is 0.999. The molecule has 2 amide bonds. The number of carbonyl (C=O) groups is 2. The first-order valence-corrected chi connectivity index (χ1v) is 15.4. The highest BCUT2D eigenvalue weighted by atomic mass is 35.5. The van der Waals surface area contributed by atoms with Gasteiger partial charge in [0.05, 0.1) is 15.6 Å². The van der Waals surface area contributed by atoms with E-state index in [0.29, 0.717) is 23.4 Å². The molecule has 7 nitrogen and oxygen atoms in total. The Morgan fingerprint density at radius 1 is 0.875 bits per heavy atom. The van der Waals surface area contributed by atoms with Crippen molar-refractivity contribution in [1.29, 1.82) is 0 Å². The lowest BCUT2D eigenvalue weighted by Gasteiger charge is -2.34. The molecule has 0 radical (unpaired) electrons. The fourth-order valence-electron chi connectivity index (χ4n) is 4.08. The maximum Gasteiger partial charge on any atom is 0.264 e. The van der Waals surface area contributed by atoms with Gasteiger partial charge in [0, 0.05) is 22.6 Å². The van der Waals surface area contributed by atoms with Crippen LogP contribution in [0.15, 0.2) is 77.7 Å². The molecule has 0 bridgehead atoms. The molecular formula is C29H32Cl3N3O4S. The Morgan fingerprint density at radius 2 is 1.52 bits per heavy atom. The van der Waals surface area contributed by atoms with Crippen molar-refractivity contribution in [2.45, 2.75) is 57.1 Å². The summed E-state index contributed by atoms with van der Waals surface area (Å²) in [6, 6.07) is 18.1. The second-order valence-electron chi connectivity index (χ2n) is 9.28. The molecule has 3 aromatic rings. The molecular weight excluding hydrogens is 593 g/mol. The lowest BCUT2D eigenvalue weighted by molar-refractivity contribution is -0.140. The van der Waals surface area contributed by atoms with Crippen LogP contribution >= 0.6 is 34.8 Å². The summed E-state index contributed by atoms with van der Waals surface area (Å²) < 4.78 is 28.7. The number of carbonyl (C=O) groups excluding carboxylic acids is 2. The Bertz CT molecular complexity index is 1440. The number of hydrogen-bond donors (Lipinski definition) is 1. The van der Waals surface area contributed by atoms with E-state index in [-0.39, 0.29) is 39.1 Å². The van der Waals surface area contributed by atoms with Crippen LogP contribution in [0.1, 0.15) is 39.2 Å². The van der Waals surface area contributed by atoms with E-state index in [1.165, 1.54) is 35.2 Å². The molecule has 0 aliphatic carbocycles. The number of hydrogen-bond acceptors (Lipinski definition) is 4. The van der Waals surface area contributed by atoms with Gasteiger partial charge in [0.2, 0.25) is 11.8 Å². The molecule has 0 aliphatic heterocycles. The molecule has 0 heterocycles. The number of sulfonamides is 1. The van der Waals surface area contributed by atoms with E-state index in [9.17, 15) is 18.0 Å². The highest BCUT2D eigenvalue weighted by molar-refractivity contribution is 7.92. The van der Waals surface area contributed by atoms with E-state index in [0.717, 1.165) is 4.31 Å². The van der Waals surface area contributed by atoms with Crippen LogP contribution < -0.4 is 9.62 Å². The molecule has 1 N–H and O–H groups in total. The summed E-state index contributed by atoms with van der Waals surface area (Å²) in [5.41, 5.74) is 0.659. The van der Waals surface area contributed by atoms with E-state index in [1.807, 2.05) is 13.8 Å². The Morgan fingerprint density at radius 3 is 2.15 bits per heavy atom. The van der Waals surface area contributed by atoms with Crippen LogP contribution in [-0.2, 0) is 26.2 Å². The van der Waals surface area contributed by atoms with Crippen LogP contribution in [-0.4, -0.2) is 43.8 Å².